The van der Waals surface area contributed by atoms with Gasteiger partial charge in [-0.1, -0.05) is 24.3 Å². The Morgan fingerprint density at radius 3 is 2.57 bits per heavy atom. The summed E-state index contributed by atoms with van der Waals surface area (Å²) in [5, 5.41) is 2.74. The second-order valence-electron chi connectivity index (χ2n) is 4.94. The third-order valence-corrected chi connectivity index (χ3v) is 5.90. The third kappa shape index (κ3) is 3.43. The van der Waals surface area contributed by atoms with Crippen LogP contribution >= 0.6 is 11.3 Å². The van der Waals surface area contributed by atoms with Gasteiger partial charge in [-0.3, -0.25) is 0 Å². The predicted octanol–water partition coefficient (Wildman–Crippen LogP) is 3.79. The van der Waals surface area contributed by atoms with Gasteiger partial charge in [0.05, 0.1) is 23.3 Å². The molecule has 0 bridgehead atoms. The highest BCUT2D eigenvalue weighted by Gasteiger charge is 2.17. The molecule has 0 aliphatic rings. The number of nitrogens with zero attached hydrogens (tertiary/aromatic N) is 1. The van der Waals surface area contributed by atoms with Gasteiger partial charge in [0.25, 0.3) is 0 Å². The van der Waals surface area contributed by atoms with Gasteiger partial charge in [-0.25, -0.2) is 13.4 Å². The van der Waals surface area contributed by atoms with Crippen molar-refractivity contribution in [3.63, 3.8) is 0 Å². The number of hydrogen-bond acceptors (Lipinski definition) is 5. The van der Waals surface area contributed by atoms with E-state index in [1.807, 2.05) is 11.4 Å². The minimum absolute atomic E-state index is 0.0640. The van der Waals surface area contributed by atoms with Crippen LogP contribution in [-0.2, 0) is 15.6 Å². The molecule has 6 heteroatoms. The first kappa shape index (κ1) is 15.7. The van der Waals surface area contributed by atoms with E-state index < -0.39 is 9.84 Å². The van der Waals surface area contributed by atoms with Crippen molar-refractivity contribution in [1.82, 2.24) is 4.98 Å². The number of sulfone groups is 1. The smallest absolute Gasteiger partial charge is 0.182 e. The standard InChI is InChI=1S/C17H15NO3S2/c1-21-16-11-13(7-8-15(16)17-18-9-10-22-17)12-23(19,20)14-5-3-2-4-6-14/h2-11H,12H2,1H3. The van der Waals surface area contributed by atoms with Crippen molar-refractivity contribution in [2.45, 2.75) is 10.6 Å². The Hall–Kier alpha value is -2.18. The molecule has 0 fully saturated rings. The fourth-order valence-corrected chi connectivity index (χ4v) is 4.31. The molecule has 0 N–H and O–H groups in total. The summed E-state index contributed by atoms with van der Waals surface area (Å²) in [5.41, 5.74) is 1.55. The molecule has 0 spiro atoms. The van der Waals surface area contributed by atoms with Gasteiger partial charge >= 0.3 is 0 Å². The van der Waals surface area contributed by atoms with E-state index in [2.05, 4.69) is 4.98 Å². The van der Waals surface area contributed by atoms with Gasteiger partial charge in [0.1, 0.15) is 10.8 Å². The van der Waals surface area contributed by atoms with Crippen LogP contribution in [0.25, 0.3) is 10.6 Å². The monoisotopic (exact) mass is 345 g/mol. The lowest BCUT2D eigenvalue weighted by Gasteiger charge is -2.10. The van der Waals surface area contributed by atoms with Crippen LogP contribution in [0.1, 0.15) is 5.56 Å². The van der Waals surface area contributed by atoms with Gasteiger partial charge in [-0.05, 0) is 29.8 Å². The number of rotatable bonds is 5. The first-order valence-corrected chi connectivity index (χ1v) is 9.48. The normalized spacial score (nSPS) is 11.3. The van der Waals surface area contributed by atoms with Crippen LogP contribution in [0.4, 0.5) is 0 Å². The number of benzene rings is 2. The molecule has 0 atom stereocenters. The van der Waals surface area contributed by atoms with Gasteiger partial charge in [-0.15, -0.1) is 11.3 Å². The quantitative estimate of drug-likeness (QED) is 0.706. The minimum atomic E-state index is -3.37. The van der Waals surface area contributed by atoms with Crippen molar-refractivity contribution in [1.29, 1.82) is 0 Å². The molecule has 0 radical (unpaired) electrons. The number of methoxy groups -OCH3 is 1. The van der Waals surface area contributed by atoms with Crippen molar-refractivity contribution in [3.05, 3.63) is 65.7 Å². The van der Waals surface area contributed by atoms with Crippen molar-refractivity contribution in [2.75, 3.05) is 7.11 Å². The summed E-state index contributed by atoms with van der Waals surface area (Å²) in [6.07, 6.45) is 1.73. The lowest BCUT2D eigenvalue weighted by molar-refractivity contribution is 0.416. The molecule has 1 heterocycles. The van der Waals surface area contributed by atoms with E-state index in [0.29, 0.717) is 16.2 Å². The van der Waals surface area contributed by atoms with Gasteiger partial charge in [-0.2, -0.15) is 0 Å². The molecule has 4 nitrogen and oxygen atoms in total. The Morgan fingerprint density at radius 1 is 1.13 bits per heavy atom. The molecule has 0 unspecified atom stereocenters. The van der Waals surface area contributed by atoms with Crippen molar-refractivity contribution in [3.8, 4) is 16.3 Å². The summed E-state index contributed by atoms with van der Waals surface area (Å²) in [6, 6.07) is 13.9. The Bertz CT molecular complexity index is 889. The average molecular weight is 345 g/mol. The summed E-state index contributed by atoms with van der Waals surface area (Å²) >= 11 is 1.51. The molecule has 0 saturated heterocycles. The second-order valence-corrected chi connectivity index (χ2v) is 7.83. The number of thiazole rings is 1. The van der Waals surface area contributed by atoms with E-state index in [1.165, 1.54) is 11.3 Å². The zero-order valence-electron chi connectivity index (χ0n) is 12.5. The van der Waals surface area contributed by atoms with Gasteiger partial charge in [0.15, 0.2) is 9.84 Å². The van der Waals surface area contributed by atoms with Gasteiger partial charge in [0.2, 0.25) is 0 Å². The maximum atomic E-state index is 12.5. The molecule has 1 aromatic heterocycles. The summed E-state index contributed by atoms with van der Waals surface area (Å²) < 4.78 is 30.3. The molecule has 2 aromatic carbocycles. The van der Waals surface area contributed by atoms with E-state index in [9.17, 15) is 8.42 Å². The maximum absolute atomic E-state index is 12.5. The van der Waals surface area contributed by atoms with E-state index in [0.717, 1.165) is 10.6 Å². The molecule has 118 valence electrons. The van der Waals surface area contributed by atoms with Crippen molar-refractivity contribution in [2.24, 2.45) is 0 Å². The van der Waals surface area contributed by atoms with Crippen LogP contribution in [0.15, 0.2) is 65.0 Å². The Balaban J connectivity index is 1.93. The van der Waals surface area contributed by atoms with Crippen molar-refractivity contribution >= 4 is 21.2 Å². The van der Waals surface area contributed by atoms with E-state index >= 15 is 0 Å². The van der Waals surface area contributed by atoms with Gasteiger partial charge in [0, 0.05) is 11.6 Å². The van der Waals surface area contributed by atoms with Crippen molar-refractivity contribution < 1.29 is 13.2 Å². The Morgan fingerprint density at radius 2 is 1.91 bits per heavy atom. The second kappa shape index (κ2) is 6.52. The predicted molar refractivity (Wildman–Crippen MR) is 91.4 cm³/mol. The number of aromatic nitrogens is 1. The van der Waals surface area contributed by atoms with E-state index in [1.54, 1.807) is 55.8 Å². The highest BCUT2D eigenvalue weighted by molar-refractivity contribution is 7.90. The lowest BCUT2D eigenvalue weighted by atomic mass is 10.1. The number of hydrogen-bond donors (Lipinski definition) is 0. The molecule has 23 heavy (non-hydrogen) atoms. The highest BCUT2D eigenvalue weighted by atomic mass is 32.2. The first-order chi connectivity index (χ1) is 11.1. The van der Waals surface area contributed by atoms with Crippen LogP contribution < -0.4 is 4.74 Å². The maximum Gasteiger partial charge on any atom is 0.182 e. The summed E-state index contributed by atoms with van der Waals surface area (Å²) in [4.78, 5) is 4.59. The Kier molecular flexibility index (Phi) is 4.45. The average Bonchev–Trinajstić information content (AvgIpc) is 3.09. The van der Waals surface area contributed by atoms with Crippen LogP contribution in [-0.4, -0.2) is 20.5 Å². The van der Waals surface area contributed by atoms with E-state index in [-0.39, 0.29) is 5.75 Å². The van der Waals surface area contributed by atoms with Gasteiger partial charge < -0.3 is 4.74 Å². The molecular formula is C17H15NO3S2. The zero-order chi connectivity index (χ0) is 16.3. The molecular weight excluding hydrogens is 330 g/mol. The fourth-order valence-electron chi connectivity index (χ4n) is 2.29. The fraction of sp³-hybridized carbons (Fsp3) is 0.118. The molecule has 3 aromatic rings. The minimum Gasteiger partial charge on any atom is -0.496 e. The molecule has 3 rings (SSSR count). The topological polar surface area (TPSA) is 56.3 Å². The molecule has 0 aliphatic carbocycles. The van der Waals surface area contributed by atoms with Crippen LogP contribution in [0.2, 0.25) is 0 Å². The molecule has 0 aliphatic heterocycles. The van der Waals surface area contributed by atoms with Crippen LogP contribution in [0.5, 0.6) is 5.75 Å². The highest BCUT2D eigenvalue weighted by Crippen LogP contribution is 2.32. The molecule has 0 amide bonds. The largest absolute Gasteiger partial charge is 0.496 e. The lowest BCUT2D eigenvalue weighted by Crippen LogP contribution is -2.05. The Labute approximate surface area is 139 Å². The SMILES string of the molecule is COc1cc(CS(=O)(=O)c2ccccc2)ccc1-c1nccs1. The summed E-state index contributed by atoms with van der Waals surface area (Å²) in [7, 11) is -1.80. The zero-order valence-corrected chi connectivity index (χ0v) is 14.1. The first-order valence-electron chi connectivity index (χ1n) is 6.95. The van der Waals surface area contributed by atoms with E-state index in [4.69, 9.17) is 4.74 Å². The van der Waals surface area contributed by atoms with Crippen LogP contribution in [0, 0.1) is 0 Å². The third-order valence-electron chi connectivity index (χ3n) is 3.39. The van der Waals surface area contributed by atoms with Crippen LogP contribution in [0.3, 0.4) is 0 Å². The number of ether oxygens (including phenoxy) is 1. The molecule has 0 saturated carbocycles. The summed E-state index contributed by atoms with van der Waals surface area (Å²) in [6.45, 7) is 0. The summed E-state index contributed by atoms with van der Waals surface area (Å²) in [5.74, 6) is 0.562.